The van der Waals surface area contributed by atoms with Crippen molar-refractivity contribution in [3.63, 3.8) is 0 Å². The van der Waals surface area contributed by atoms with Crippen molar-refractivity contribution in [2.24, 2.45) is 17.1 Å². The zero-order valence-corrected chi connectivity index (χ0v) is 14.0. The molecule has 18 heavy (non-hydrogen) atoms. The van der Waals surface area contributed by atoms with Crippen LogP contribution < -0.4 is 5.73 Å². The van der Waals surface area contributed by atoms with E-state index < -0.39 is 0 Å². The Morgan fingerprint density at radius 3 is 2.67 bits per heavy atom. The Kier molecular flexibility index (Phi) is 4.25. The molecule has 1 saturated carbocycles. The molecule has 2 atom stereocenters. The second kappa shape index (κ2) is 5.26. The zero-order valence-electron chi connectivity index (χ0n) is 11.6. The van der Waals surface area contributed by atoms with Gasteiger partial charge in [-0.1, -0.05) is 33.6 Å². The summed E-state index contributed by atoms with van der Waals surface area (Å²) in [5.74, 6) is 0.625. The molecule has 0 spiro atoms. The van der Waals surface area contributed by atoms with Crippen molar-refractivity contribution in [3.05, 3.63) is 20.8 Å². The standard InChI is InChI=1S/C15H24BrNS/c1-14(2,3)12-6-4-5-9-15(12,17)10-11-7-8-13(16)18-11/h7-8,12H,4-6,9-10,17H2,1-3H3. The highest BCUT2D eigenvalue weighted by Gasteiger charge is 2.43. The molecule has 0 aromatic carbocycles. The molecule has 2 rings (SSSR count). The first kappa shape index (κ1) is 14.5. The first-order valence-electron chi connectivity index (χ1n) is 6.84. The van der Waals surface area contributed by atoms with E-state index >= 15 is 0 Å². The van der Waals surface area contributed by atoms with Crippen LogP contribution in [-0.4, -0.2) is 5.54 Å². The normalized spacial score (nSPS) is 29.5. The average molecular weight is 330 g/mol. The minimum Gasteiger partial charge on any atom is -0.325 e. The quantitative estimate of drug-likeness (QED) is 0.812. The summed E-state index contributed by atoms with van der Waals surface area (Å²) in [5, 5.41) is 0. The van der Waals surface area contributed by atoms with Crippen LogP contribution in [0.15, 0.2) is 15.9 Å². The van der Waals surface area contributed by atoms with Gasteiger partial charge < -0.3 is 5.73 Å². The van der Waals surface area contributed by atoms with Gasteiger partial charge in [0.25, 0.3) is 0 Å². The maximum atomic E-state index is 6.82. The first-order chi connectivity index (χ1) is 8.31. The second-order valence-electron chi connectivity index (χ2n) is 6.78. The van der Waals surface area contributed by atoms with Gasteiger partial charge in [-0.2, -0.15) is 0 Å². The number of hydrogen-bond donors (Lipinski definition) is 1. The van der Waals surface area contributed by atoms with Gasteiger partial charge in [0.1, 0.15) is 0 Å². The average Bonchev–Trinajstić information content (AvgIpc) is 2.62. The molecule has 2 N–H and O–H groups in total. The summed E-state index contributed by atoms with van der Waals surface area (Å²) in [5.41, 5.74) is 7.12. The van der Waals surface area contributed by atoms with Crippen LogP contribution in [-0.2, 0) is 6.42 Å². The fourth-order valence-corrected chi connectivity index (χ4v) is 5.16. The Morgan fingerprint density at radius 1 is 1.39 bits per heavy atom. The maximum absolute atomic E-state index is 6.82. The predicted octanol–water partition coefficient (Wildman–Crippen LogP) is 4.99. The van der Waals surface area contributed by atoms with E-state index in [0.717, 1.165) is 6.42 Å². The van der Waals surface area contributed by atoms with Crippen LogP contribution in [0.5, 0.6) is 0 Å². The van der Waals surface area contributed by atoms with Crippen LogP contribution in [0, 0.1) is 11.3 Å². The van der Waals surface area contributed by atoms with E-state index in [9.17, 15) is 0 Å². The molecule has 102 valence electrons. The molecule has 0 bridgehead atoms. The minimum atomic E-state index is -0.0131. The smallest absolute Gasteiger partial charge is 0.0701 e. The van der Waals surface area contributed by atoms with Crippen molar-refractivity contribution in [2.45, 2.75) is 58.4 Å². The topological polar surface area (TPSA) is 26.0 Å². The third kappa shape index (κ3) is 3.17. The van der Waals surface area contributed by atoms with Gasteiger partial charge in [0, 0.05) is 16.8 Å². The molecule has 1 nitrogen and oxygen atoms in total. The lowest BCUT2D eigenvalue weighted by molar-refractivity contribution is 0.0798. The van der Waals surface area contributed by atoms with Gasteiger partial charge >= 0.3 is 0 Å². The van der Waals surface area contributed by atoms with Gasteiger partial charge in [-0.25, -0.2) is 0 Å². The zero-order chi connectivity index (χ0) is 13.4. The van der Waals surface area contributed by atoms with Crippen molar-refractivity contribution in [2.75, 3.05) is 0 Å². The lowest BCUT2D eigenvalue weighted by atomic mass is 9.61. The summed E-state index contributed by atoms with van der Waals surface area (Å²) in [6, 6.07) is 4.36. The second-order valence-corrected chi connectivity index (χ2v) is 9.33. The predicted molar refractivity (Wildman–Crippen MR) is 84.1 cm³/mol. The summed E-state index contributed by atoms with van der Waals surface area (Å²) in [4.78, 5) is 1.42. The third-order valence-electron chi connectivity index (χ3n) is 4.26. The SMILES string of the molecule is CC(C)(C)C1CCCCC1(N)Cc1ccc(Br)s1. The molecule has 0 aliphatic heterocycles. The van der Waals surface area contributed by atoms with E-state index in [2.05, 4.69) is 48.8 Å². The molecule has 1 aromatic rings. The van der Waals surface area contributed by atoms with E-state index in [1.165, 1.54) is 34.3 Å². The van der Waals surface area contributed by atoms with E-state index in [1.54, 1.807) is 0 Å². The van der Waals surface area contributed by atoms with Crippen LogP contribution >= 0.6 is 27.3 Å². The van der Waals surface area contributed by atoms with Gasteiger partial charge in [0.15, 0.2) is 0 Å². The fourth-order valence-electron chi connectivity index (χ4n) is 3.54. The fraction of sp³-hybridized carbons (Fsp3) is 0.733. The van der Waals surface area contributed by atoms with Gasteiger partial charge in [0.2, 0.25) is 0 Å². The summed E-state index contributed by atoms with van der Waals surface area (Å²) in [7, 11) is 0. The summed E-state index contributed by atoms with van der Waals surface area (Å²) < 4.78 is 1.21. The number of hydrogen-bond acceptors (Lipinski definition) is 2. The largest absolute Gasteiger partial charge is 0.325 e. The molecule has 0 saturated heterocycles. The highest BCUT2D eigenvalue weighted by molar-refractivity contribution is 9.11. The van der Waals surface area contributed by atoms with Crippen molar-refractivity contribution < 1.29 is 0 Å². The lowest BCUT2D eigenvalue weighted by Gasteiger charge is -2.48. The number of halogens is 1. The Balaban J connectivity index is 2.20. The monoisotopic (exact) mass is 329 g/mol. The number of rotatable bonds is 2. The van der Waals surface area contributed by atoms with Crippen molar-refractivity contribution in [1.29, 1.82) is 0 Å². The molecule has 1 heterocycles. The van der Waals surface area contributed by atoms with Crippen molar-refractivity contribution in [1.82, 2.24) is 0 Å². The minimum absolute atomic E-state index is 0.0131. The van der Waals surface area contributed by atoms with Gasteiger partial charge in [-0.05, 0) is 52.2 Å². The Morgan fingerprint density at radius 2 is 2.11 bits per heavy atom. The molecule has 1 aromatic heterocycles. The van der Waals surface area contributed by atoms with E-state index in [4.69, 9.17) is 5.73 Å². The first-order valence-corrected chi connectivity index (χ1v) is 8.45. The van der Waals surface area contributed by atoms with Gasteiger partial charge in [-0.3, -0.25) is 0 Å². The van der Waals surface area contributed by atoms with Crippen LogP contribution in [0.1, 0.15) is 51.3 Å². The highest BCUT2D eigenvalue weighted by atomic mass is 79.9. The van der Waals surface area contributed by atoms with Crippen LogP contribution in [0.3, 0.4) is 0 Å². The Hall–Kier alpha value is 0.140. The summed E-state index contributed by atoms with van der Waals surface area (Å²) in [6.45, 7) is 7.03. The molecule has 1 aliphatic rings. The van der Waals surface area contributed by atoms with Gasteiger partial charge in [0.05, 0.1) is 3.79 Å². The molecule has 1 fully saturated rings. The molecular formula is C15H24BrNS. The van der Waals surface area contributed by atoms with Gasteiger partial charge in [-0.15, -0.1) is 11.3 Å². The summed E-state index contributed by atoms with van der Waals surface area (Å²) >= 11 is 5.38. The summed E-state index contributed by atoms with van der Waals surface area (Å²) in [6.07, 6.45) is 6.12. The number of thiophene rings is 1. The van der Waals surface area contributed by atoms with Crippen molar-refractivity contribution >= 4 is 27.3 Å². The third-order valence-corrected chi connectivity index (χ3v) is 5.88. The van der Waals surface area contributed by atoms with Crippen LogP contribution in [0.4, 0.5) is 0 Å². The molecule has 1 aliphatic carbocycles. The Bertz CT molecular complexity index is 407. The van der Waals surface area contributed by atoms with Crippen LogP contribution in [0.25, 0.3) is 0 Å². The molecule has 0 radical (unpaired) electrons. The maximum Gasteiger partial charge on any atom is 0.0701 e. The number of nitrogens with two attached hydrogens (primary N) is 1. The van der Waals surface area contributed by atoms with E-state index in [0.29, 0.717) is 11.3 Å². The molecular weight excluding hydrogens is 306 g/mol. The lowest BCUT2D eigenvalue weighted by Crippen LogP contribution is -2.55. The molecule has 2 unspecified atom stereocenters. The Labute approximate surface area is 123 Å². The van der Waals surface area contributed by atoms with E-state index in [-0.39, 0.29) is 5.54 Å². The highest BCUT2D eigenvalue weighted by Crippen LogP contribution is 2.45. The van der Waals surface area contributed by atoms with E-state index in [1.807, 2.05) is 11.3 Å². The molecule has 3 heteroatoms. The molecule has 0 amide bonds. The van der Waals surface area contributed by atoms with Crippen molar-refractivity contribution in [3.8, 4) is 0 Å². The van der Waals surface area contributed by atoms with Crippen LogP contribution in [0.2, 0.25) is 0 Å².